The molecule has 0 aromatic carbocycles. The molecule has 3 aliphatic rings. The number of carbonyl (C=O) groups is 1. The zero-order valence-electron chi connectivity index (χ0n) is 17.6. The highest BCUT2D eigenvalue weighted by Crippen LogP contribution is 2.72. The molecule has 0 aromatic heterocycles. The van der Waals surface area contributed by atoms with E-state index >= 15 is 0 Å². The van der Waals surface area contributed by atoms with Crippen LogP contribution in [0.2, 0.25) is 0 Å². The molecule has 3 rings (SSSR count). The number of sulfonamides is 1. The van der Waals surface area contributed by atoms with Crippen molar-refractivity contribution in [1.29, 1.82) is 0 Å². The predicted molar refractivity (Wildman–Crippen MR) is 113 cm³/mol. The van der Waals surface area contributed by atoms with Gasteiger partial charge in [-0.2, -0.15) is 0 Å². The maximum Gasteiger partial charge on any atom is 0.241 e. The topological polar surface area (TPSA) is 54.5 Å². The van der Waals surface area contributed by atoms with Gasteiger partial charge in [0.1, 0.15) is 0 Å². The molecule has 3 fully saturated rings. The molecule has 2 saturated carbocycles. The van der Waals surface area contributed by atoms with Gasteiger partial charge in [-0.25, -0.2) is 12.7 Å². The Bertz CT molecular complexity index is 778. The number of terminal acetylenes is 1. The number of fused-ring (bicyclic) bond motifs is 1. The van der Waals surface area contributed by atoms with Gasteiger partial charge < -0.3 is 0 Å². The van der Waals surface area contributed by atoms with E-state index in [1.807, 2.05) is 0 Å². The molecule has 5 atom stereocenters. The highest BCUT2D eigenvalue weighted by atomic mass is 32.2. The van der Waals surface area contributed by atoms with Gasteiger partial charge in [0.15, 0.2) is 0 Å². The summed E-state index contributed by atoms with van der Waals surface area (Å²) in [6.45, 7) is 10.4. The first-order valence-electron chi connectivity index (χ1n) is 10.8. The van der Waals surface area contributed by atoms with E-state index in [4.69, 9.17) is 6.42 Å². The van der Waals surface area contributed by atoms with E-state index in [1.165, 1.54) is 4.31 Å². The predicted octanol–water partition coefficient (Wildman–Crippen LogP) is 4.52. The van der Waals surface area contributed by atoms with Crippen molar-refractivity contribution in [2.45, 2.75) is 89.9 Å². The summed E-state index contributed by atoms with van der Waals surface area (Å²) in [4.78, 5) is 13.5. The average molecular weight is 406 g/mol. The highest BCUT2D eigenvalue weighted by Gasteiger charge is 2.76. The lowest BCUT2D eigenvalue weighted by Crippen LogP contribution is -2.47. The quantitative estimate of drug-likeness (QED) is 0.339. The minimum absolute atomic E-state index is 0.0860. The lowest BCUT2D eigenvalue weighted by atomic mass is 9.64. The molecule has 1 amide bonds. The summed E-state index contributed by atoms with van der Waals surface area (Å²) < 4.78 is 28.6. The molecular weight excluding hydrogens is 370 g/mol. The first kappa shape index (κ1) is 21.4. The van der Waals surface area contributed by atoms with Crippen LogP contribution >= 0.6 is 0 Å². The molecule has 1 aliphatic heterocycles. The lowest BCUT2D eigenvalue weighted by molar-refractivity contribution is -0.133. The standard InChI is InChI=1S/C23H35NO3S/c1-6-9-10-13-17(11-7-2)21(25)24-19-16-18-14-15-23(19,22(18,4)5)20(12-8-3)28(24,26)27/h2,8,17-20H,3,6,9-16H2,1,4-5H3/t17-,18?,19?,20?,23?/m1/s1. The summed E-state index contributed by atoms with van der Waals surface area (Å²) in [6, 6.07) is -0.213. The fourth-order valence-corrected chi connectivity index (χ4v) is 9.47. The van der Waals surface area contributed by atoms with E-state index in [1.54, 1.807) is 6.08 Å². The second kappa shape index (κ2) is 7.52. The van der Waals surface area contributed by atoms with Crippen molar-refractivity contribution in [3.63, 3.8) is 0 Å². The van der Waals surface area contributed by atoms with Crippen LogP contribution in [0, 0.1) is 35.0 Å². The van der Waals surface area contributed by atoms with Crippen LogP contribution in [0.3, 0.4) is 0 Å². The second-order valence-corrected chi connectivity index (χ2v) is 11.5. The monoisotopic (exact) mass is 405 g/mol. The lowest BCUT2D eigenvalue weighted by Gasteiger charge is -2.41. The van der Waals surface area contributed by atoms with E-state index < -0.39 is 21.2 Å². The zero-order chi connectivity index (χ0) is 20.7. The van der Waals surface area contributed by atoms with Crippen molar-refractivity contribution < 1.29 is 13.2 Å². The van der Waals surface area contributed by atoms with Crippen molar-refractivity contribution in [2.24, 2.45) is 22.7 Å². The molecule has 0 aromatic rings. The Hall–Kier alpha value is -1.28. The summed E-state index contributed by atoms with van der Waals surface area (Å²) in [5, 5.41) is -0.545. The molecule has 1 heterocycles. The third kappa shape index (κ3) is 2.78. The molecule has 1 saturated heterocycles. The SMILES string of the molecule is C#CC[C@H](CCCCC)C(=O)N1C2CC3CCC2(C(CC=C)S1(=O)=O)C3(C)C. The van der Waals surface area contributed by atoms with Crippen molar-refractivity contribution in [3.8, 4) is 12.3 Å². The number of carbonyl (C=O) groups excluding carboxylic acids is 1. The molecule has 1 spiro atoms. The van der Waals surface area contributed by atoms with Crippen LogP contribution in [0.5, 0.6) is 0 Å². The zero-order valence-corrected chi connectivity index (χ0v) is 18.4. The molecular formula is C23H35NO3S. The summed E-state index contributed by atoms with van der Waals surface area (Å²) in [5.41, 5.74) is -0.443. The maximum atomic E-state index is 13.7. The van der Waals surface area contributed by atoms with Crippen molar-refractivity contribution in [2.75, 3.05) is 0 Å². The van der Waals surface area contributed by atoms with Crippen LogP contribution in [-0.2, 0) is 14.8 Å². The Morgan fingerprint density at radius 2 is 2.11 bits per heavy atom. The van der Waals surface area contributed by atoms with Gasteiger partial charge in [-0.1, -0.05) is 46.1 Å². The average Bonchev–Trinajstić information content (AvgIpc) is 3.10. The van der Waals surface area contributed by atoms with Crippen LogP contribution in [0.25, 0.3) is 0 Å². The van der Waals surface area contributed by atoms with Gasteiger partial charge in [-0.15, -0.1) is 18.9 Å². The van der Waals surface area contributed by atoms with Gasteiger partial charge in [0.2, 0.25) is 15.9 Å². The number of rotatable bonds is 8. The summed E-state index contributed by atoms with van der Waals surface area (Å²) in [6.07, 6.45) is 14.4. The number of unbranched alkanes of at least 4 members (excludes halogenated alkanes) is 2. The fourth-order valence-electron chi connectivity index (χ4n) is 6.68. The van der Waals surface area contributed by atoms with Gasteiger partial charge in [0.25, 0.3) is 0 Å². The minimum atomic E-state index is -3.71. The third-order valence-corrected chi connectivity index (χ3v) is 10.5. The normalized spacial score (nSPS) is 35.4. The number of nitrogens with zero attached hydrogens (tertiary/aromatic N) is 1. The largest absolute Gasteiger partial charge is 0.273 e. The summed E-state index contributed by atoms with van der Waals surface area (Å²) >= 11 is 0. The minimum Gasteiger partial charge on any atom is -0.273 e. The van der Waals surface area contributed by atoms with E-state index in [0.29, 0.717) is 25.2 Å². The Balaban J connectivity index is 2.00. The van der Waals surface area contributed by atoms with Gasteiger partial charge >= 0.3 is 0 Å². The van der Waals surface area contributed by atoms with Crippen molar-refractivity contribution in [3.05, 3.63) is 12.7 Å². The Morgan fingerprint density at radius 1 is 1.39 bits per heavy atom. The van der Waals surface area contributed by atoms with E-state index in [-0.39, 0.29) is 22.8 Å². The third-order valence-electron chi connectivity index (χ3n) is 8.19. The highest BCUT2D eigenvalue weighted by molar-refractivity contribution is 7.90. The molecule has 2 aliphatic carbocycles. The summed E-state index contributed by atoms with van der Waals surface area (Å²) in [5.74, 6) is 2.43. The molecule has 0 radical (unpaired) electrons. The molecule has 5 heteroatoms. The molecule has 2 bridgehead atoms. The van der Waals surface area contributed by atoms with E-state index in [0.717, 1.165) is 38.5 Å². The number of allylic oxidation sites excluding steroid dienone is 1. The van der Waals surface area contributed by atoms with Gasteiger partial charge in [-0.3, -0.25) is 4.79 Å². The first-order chi connectivity index (χ1) is 13.2. The molecule has 4 nitrogen and oxygen atoms in total. The van der Waals surface area contributed by atoms with Gasteiger partial charge in [-0.05, 0) is 43.4 Å². The van der Waals surface area contributed by atoms with E-state index in [2.05, 4.69) is 33.3 Å². The maximum absolute atomic E-state index is 13.7. The Kier molecular flexibility index (Phi) is 5.75. The number of amides is 1. The number of hydrogen-bond donors (Lipinski definition) is 0. The van der Waals surface area contributed by atoms with Crippen molar-refractivity contribution >= 4 is 15.9 Å². The Labute approximate surface area is 171 Å². The first-order valence-corrected chi connectivity index (χ1v) is 12.3. The van der Waals surface area contributed by atoms with E-state index in [9.17, 15) is 13.2 Å². The molecule has 0 N–H and O–H groups in total. The molecule has 156 valence electrons. The fraction of sp³-hybridized carbons (Fsp3) is 0.783. The Morgan fingerprint density at radius 3 is 2.68 bits per heavy atom. The van der Waals surface area contributed by atoms with Crippen LogP contribution < -0.4 is 0 Å². The van der Waals surface area contributed by atoms with Crippen molar-refractivity contribution in [1.82, 2.24) is 4.31 Å². The van der Waals surface area contributed by atoms with Crippen LogP contribution in [0.1, 0.15) is 78.6 Å². The van der Waals surface area contributed by atoms with Gasteiger partial charge in [0.05, 0.1) is 17.2 Å². The second-order valence-electron chi connectivity index (χ2n) is 9.54. The number of hydrogen-bond acceptors (Lipinski definition) is 3. The van der Waals surface area contributed by atoms with Gasteiger partial charge in [0, 0.05) is 11.8 Å². The molecule has 4 unspecified atom stereocenters. The summed E-state index contributed by atoms with van der Waals surface area (Å²) in [7, 11) is -3.71. The van der Waals surface area contributed by atoms with Crippen LogP contribution in [0.4, 0.5) is 0 Å². The molecule has 28 heavy (non-hydrogen) atoms. The van der Waals surface area contributed by atoms with Crippen LogP contribution in [0.15, 0.2) is 12.7 Å². The van der Waals surface area contributed by atoms with Crippen LogP contribution in [-0.4, -0.2) is 29.9 Å². The smallest absolute Gasteiger partial charge is 0.241 e.